The van der Waals surface area contributed by atoms with Crippen molar-refractivity contribution < 1.29 is 9.13 Å². The molecule has 19 heavy (non-hydrogen) atoms. The molecule has 0 fully saturated rings. The summed E-state index contributed by atoms with van der Waals surface area (Å²) in [7, 11) is -1.25. The lowest BCUT2D eigenvalue weighted by Gasteiger charge is -2.08. The van der Waals surface area contributed by atoms with Crippen LogP contribution in [0.3, 0.4) is 0 Å². The Labute approximate surface area is 111 Å². The van der Waals surface area contributed by atoms with Crippen LogP contribution in [-0.2, 0) is 17.3 Å². The van der Waals surface area contributed by atoms with Gasteiger partial charge in [0.25, 0.3) is 5.69 Å². The minimum absolute atomic E-state index is 0.0738. The van der Waals surface area contributed by atoms with Gasteiger partial charge in [-0.25, -0.2) is 0 Å². The number of nitro benzene ring substituents is 1. The fourth-order valence-electron chi connectivity index (χ4n) is 1.80. The number of rotatable bonds is 4. The molecule has 100 valence electrons. The third-order valence-electron chi connectivity index (χ3n) is 2.79. The van der Waals surface area contributed by atoms with Gasteiger partial charge in [0.1, 0.15) is 6.33 Å². The fraction of sp³-hybridized carbons (Fsp3) is 0.273. The first kappa shape index (κ1) is 13.3. The van der Waals surface area contributed by atoms with Gasteiger partial charge in [0.15, 0.2) is 0 Å². The van der Waals surface area contributed by atoms with E-state index in [0.717, 1.165) is 5.56 Å². The molecule has 0 aliphatic heterocycles. The number of hydrogen-bond acceptors (Lipinski definition) is 5. The fourth-order valence-corrected chi connectivity index (χ4v) is 2.40. The van der Waals surface area contributed by atoms with E-state index in [1.165, 1.54) is 18.6 Å². The monoisotopic (exact) mass is 280 g/mol. The zero-order valence-electron chi connectivity index (χ0n) is 10.4. The summed E-state index contributed by atoms with van der Waals surface area (Å²) in [5.74, 6) is 0. The normalized spacial score (nSPS) is 12.3. The van der Waals surface area contributed by atoms with Crippen LogP contribution in [0.2, 0.25) is 0 Å². The Hall–Kier alpha value is -2.09. The molecule has 2 aromatic rings. The van der Waals surface area contributed by atoms with Crippen LogP contribution in [0.25, 0.3) is 0 Å². The first-order valence-corrected chi connectivity index (χ1v) is 7.00. The van der Waals surface area contributed by atoms with E-state index in [0.29, 0.717) is 17.3 Å². The van der Waals surface area contributed by atoms with E-state index in [4.69, 9.17) is 0 Å². The van der Waals surface area contributed by atoms with Crippen molar-refractivity contribution in [2.75, 3.05) is 6.26 Å². The van der Waals surface area contributed by atoms with Crippen molar-refractivity contribution in [1.29, 1.82) is 0 Å². The molecule has 1 aromatic heterocycles. The standard InChI is InChI=1S/C11H12N4O3S/c1-8-9(4-3-5-10(8)15(16)17)6-14-7-12-13-11(14)19(2)18/h3-5,7H,6H2,1-2H3. The Kier molecular flexibility index (Phi) is 3.70. The Balaban J connectivity index is 2.39. The summed E-state index contributed by atoms with van der Waals surface area (Å²) in [5.41, 5.74) is 1.44. The molecule has 1 atom stereocenters. The molecule has 7 nitrogen and oxygen atoms in total. The van der Waals surface area contributed by atoms with E-state index in [-0.39, 0.29) is 5.69 Å². The molecule has 0 spiro atoms. The second-order valence-corrected chi connectivity index (χ2v) is 5.29. The first-order valence-electron chi connectivity index (χ1n) is 5.45. The van der Waals surface area contributed by atoms with E-state index in [2.05, 4.69) is 10.2 Å². The summed E-state index contributed by atoms with van der Waals surface area (Å²) < 4.78 is 13.1. The Bertz CT molecular complexity index is 653. The quantitative estimate of drug-likeness (QED) is 0.621. The van der Waals surface area contributed by atoms with Gasteiger partial charge in [-0.3, -0.25) is 14.3 Å². The van der Waals surface area contributed by atoms with Crippen molar-refractivity contribution in [3.63, 3.8) is 0 Å². The van der Waals surface area contributed by atoms with Crippen LogP contribution in [0.1, 0.15) is 11.1 Å². The molecule has 0 N–H and O–H groups in total. The van der Waals surface area contributed by atoms with Crippen molar-refractivity contribution in [1.82, 2.24) is 14.8 Å². The Morgan fingerprint density at radius 2 is 2.21 bits per heavy atom. The minimum atomic E-state index is -1.25. The predicted octanol–water partition coefficient (Wildman–Crippen LogP) is 1.28. The average Bonchev–Trinajstić information content (AvgIpc) is 2.79. The summed E-state index contributed by atoms with van der Waals surface area (Å²) in [6, 6.07) is 4.89. The van der Waals surface area contributed by atoms with Crippen molar-refractivity contribution in [2.24, 2.45) is 0 Å². The molecular weight excluding hydrogens is 268 g/mol. The van der Waals surface area contributed by atoms with Gasteiger partial charge in [-0.2, -0.15) is 0 Å². The van der Waals surface area contributed by atoms with Gasteiger partial charge >= 0.3 is 0 Å². The molecule has 0 bridgehead atoms. The van der Waals surface area contributed by atoms with E-state index in [9.17, 15) is 14.3 Å². The lowest BCUT2D eigenvalue weighted by atomic mass is 10.1. The molecule has 0 aliphatic carbocycles. The molecule has 1 aromatic carbocycles. The maximum atomic E-state index is 11.5. The van der Waals surface area contributed by atoms with Crippen LogP contribution < -0.4 is 0 Å². The molecule has 0 radical (unpaired) electrons. The number of benzene rings is 1. The average molecular weight is 280 g/mol. The number of hydrogen-bond donors (Lipinski definition) is 0. The van der Waals surface area contributed by atoms with E-state index in [1.807, 2.05) is 0 Å². The third-order valence-corrected chi connectivity index (χ3v) is 3.62. The van der Waals surface area contributed by atoms with Crippen LogP contribution in [0.15, 0.2) is 29.7 Å². The molecule has 0 saturated carbocycles. The molecule has 1 heterocycles. The van der Waals surface area contributed by atoms with Gasteiger partial charge in [0.05, 0.1) is 22.3 Å². The zero-order valence-corrected chi connectivity index (χ0v) is 11.3. The van der Waals surface area contributed by atoms with Gasteiger partial charge in [0.2, 0.25) is 5.16 Å². The topological polar surface area (TPSA) is 90.9 Å². The van der Waals surface area contributed by atoms with Crippen LogP contribution in [0.5, 0.6) is 0 Å². The summed E-state index contributed by atoms with van der Waals surface area (Å²) in [6.07, 6.45) is 2.98. The highest BCUT2D eigenvalue weighted by Crippen LogP contribution is 2.22. The molecular formula is C11H12N4O3S. The summed E-state index contributed by atoms with van der Waals surface area (Å²) in [4.78, 5) is 10.5. The lowest BCUT2D eigenvalue weighted by molar-refractivity contribution is -0.385. The molecule has 0 amide bonds. The summed E-state index contributed by atoms with van der Waals surface area (Å²) in [5, 5.41) is 18.7. The van der Waals surface area contributed by atoms with Crippen molar-refractivity contribution >= 4 is 16.5 Å². The second kappa shape index (κ2) is 5.27. The molecule has 0 saturated heterocycles. The van der Waals surface area contributed by atoms with Crippen LogP contribution >= 0.6 is 0 Å². The zero-order chi connectivity index (χ0) is 14.0. The number of aromatic nitrogens is 3. The Morgan fingerprint density at radius 1 is 1.47 bits per heavy atom. The smallest absolute Gasteiger partial charge is 0.272 e. The van der Waals surface area contributed by atoms with Crippen LogP contribution in [-0.4, -0.2) is 30.2 Å². The largest absolute Gasteiger partial charge is 0.302 e. The molecule has 1 unspecified atom stereocenters. The first-order chi connectivity index (χ1) is 9.00. The van der Waals surface area contributed by atoms with Gasteiger partial charge in [-0.05, 0) is 12.5 Å². The van der Waals surface area contributed by atoms with Gasteiger partial charge in [0, 0.05) is 17.9 Å². The summed E-state index contributed by atoms with van der Waals surface area (Å²) >= 11 is 0. The molecule has 2 rings (SSSR count). The molecule has 0 aliphatic rings. The lowest BCUT2D eigenvalue weighted by Crippen LogP contribution is -2.07. The van der Waals surface area contributed by atoms with Gasteiger partial charge < -0.3 is 4.57 Å². The van der Waals surface area contributed by atoms with Crippen molar-refractivity contribution in [3.05, 3.63) is 45.8 Å². The third kappa shape index (κ3) is 2.68. The van der Waals surface area contributed by atoms with Crippen LogP contribution in [0.4, 0.5) is 5.69 Å². The van der Waals surface area contributed by atoms with E-state index in [1.54, 1.807) is 23.6 Å². The SMILES string of the molecule is Cc1c(Cn2cnnc2S(C)=O)cccc1[N+](=O)[O-]. The van der Waals surface area contributed by atoms with E-state index < -0.39 is 15.7 Å². The Morgan fingerprint density at radius 3 is 2.84 bits per heavy atom. The second-order valence-electron chi connectivity index (χ2n) is 4.01. The van der Waals surface area contributed by atoms with E-state index >= 15 is 0 Å². The minimum Gasteiger partial charge on any atom is -0.302 e. The maximum absolute atomic E-state index is 11.5. The molecule has 8 heteroatoms. The number of nitro groups is 1. The highest BCUT2D eigenvalue weighted by molar-refractivity contribution is 7.84. The van der Waals surface area contributed by atoms with Gasteiger partial charge in [-0.15, -0.1) is 10.2 Å². The predicted molar refractivity (Wildman–Crippen MR) is 69.3 cm³/mol. The number of nitrogens with zero attached hydrogens (tertiary/aromatic N) is 4. The summed E-state index contributed by atoms with van der Waals surface area (Å²) in [6.45, 7) is 2.05. The van der Waals surface area contributed by atoms with Gasteiger partial charge in [-0.1, -0.05) is 12.1 Å². The van der Waals surface area contributed by atoms with Crippen molar-refractivity contribution in [2.45, 2.75) is 18.6 Å². The highest BCUT2D eigenvalue weighted by atomic mass is 32.2. The maximum Gasteiger partial charge on any atom is 0.272 e. The highest BCUT2D eigenvalue weighted by Gasteiger charge is 2.15. The van der Waals surface area contributed by atoms with Crippen LogP contribution in [0, 0.1) is 17.0 Å². The van der Waals surface area contributed by atoms with Crippen molar-refractivity contribution in [3.8, 4) is 0 Å².